The number of aryl methyl sites for hydroxylation is 3. The van der Waals surface area contributed by atoms with Crippen molar-refractivity contribution in [3.8, 4) is 17.2 Å². The molecule has 1 atom stereocenters. The maximum atomic E-state index is 10.9. The standard InChI is InChI=1S/C37H50O3/c1-21(25-18-29(35(5,6)7)32(38)15-22(25)2)14-28(26-19-30(36(8,9)10)33(39)16-23(26)3)27-20-31(37(11,12)13)34(40)17-24(27)4/h14-21,38-40H,1-13H3. The molecule has 3 nitrogen and oxygen atoms in total. The molecular weight excluding hydrogens is 492 g/mol. The molecule has 3 rings (SSSR count). The maximum absolute atomic E-state index is 10.9. The van der Waals surface area contributed by atoms with Crippen molar-refractivity contribution in [1.29, 1.82) is 0 Å². The largest absolute Gasteiger partial charge is 0.508 e. The molecule has 0 radical (unpaired) electrons. The third kappa shape index (κ3) is 6.40. The number of phenolic OH excluding ortho intramolecular Hbond substituents is 3. The molecule has 3 N–H and O–H groups in total. The summed E-state index contributed by atoms with van der Waals surface area (Å²) in [6.45, 7) is 27.4. The van der Waals surface area contributed by atoms with Gasteiger partial charge in [0.15, 0.2) is 0 Å². The Hall–Kier alpha value is -3.20. The van der Waals surface area contributed by atoms with E-state index < -0.39 is 0 Å². The SMILES string of the molecule is Cc1cc(O)c(C(C)(C)C)cc1C(=CC(C)c1cc(C(C)(C)C)c(O)cc1C)c1cc(C(C)(C)C)c(O)cc1C. The molecule has 0 aromatic heterocycles. The maximum Gasteiger partial charge on any atom is 0.119 e. The van der Waals surface area contributed by atoms with E-state index >= 15 is 0 Å². The van der Waals surface area contributed by atoms with Crippen LogP contribution in [-0.2, 0) is 16.2 Å². The highest BCUT2D eigenvalue weighted by Gasteiger charge is 2.26. The smallest absolute Gasteiger partial charge is 0.119 e. The lowest BCUT2D eigenvalue weighted by molar-refractivity contribution is 0.445. The molecule has 3 aromatic carbocycles. The topological polar surface area (TPSA) is 60.7 Å². The second kappa shape index (κ2) is 10.7. The normalized spacial score (nSPS) is 13.3. The highest BCUT2D eigenvalue weighted by atomic mass is 16.3. The predicted molar refractivity (Wildman–Crippen MR) is 170 cm³/mol. The van der Waals surface area contributed by atoms with Crippen LogP contribution in [-0.4, -0.2) is 15.3 Å². The summed E-state index contributed by atoms with van der Waals surface area (Å²) in [4.78, 5) is 0. The van der Waals surface area contributed by atoms with E-state index in [1.54, 1.807) is 0 Å². The Labute approximate surface area is 242 Å². The molecule has 3 heteroatoms. The van der Waals surface area contributed by atoms with Gasteiger partial charge in [0.25, 0.3) is 0 Å². The summed E-state index contributed by atoms with van der Waals surface area (Å²) >= 11 is 0. The van der Waals surface area contributed by atoms with Gasteiger partial charge in [-0.3, -0.25) is 0 Å². The number of benzene rings is 3. The Balaban J connectivity index is 2.42. The summed E-state index contributed by atoms with van der Waals surface area (Å²) in [6.07, 6.45) is 2.31. The lowest BCUT2D eigenvalue weighted by Crippen LogP contribution is -2.14. The second-order valence-electron chi connectivity index (χ2n) is 14.7. The van der Waals surface area contributed by atoms with Crippen LogP contribution in [0, 0.1) is 20.8 Å². The van der Waals surface area contributed by atoms with Crippen molar-refractivity contribution < 1.29 is 15.3 Å². The molecule has 0 saturated heterocycles. The van der Waals surface area contributed by atoms with E-state index in [2.05, 4.69) is 100 Å². The number of hydrogen-bond acceptors (Lipinski definition) is 3. The van der Waals surface area contributed by atoms with Gasteiger partial charge in [-0.15, -0.1) is 0 Å². The van der Waals surface area contributed by atoms with Gasteiger partial charge in [0.05, 0.1) is 0 Å². The van der Waals surface area contributed by atoms with E-state index in [1.165, 1.54) is 5.56 Å². The van der Waals surface area contributed by atoms with Crippen molar-refractivity contribution in [1.82, 2.24) is 0 Å². The molecule has 216 valence electrons. The molecule has 0 saturated carbocycles. The third-order valence-corrected chi connectivity index (χ3v) is 7.98. The molecule has 1 unspecified atom stereocenters. The number of aromatic hydroxyl groups is 3. The van der Waals surface area contributed by atoms with Crippen LogP contribution in [0.2, 0.25) is 0 Å². The monoisotopic (exact) mass is 542 g/mol. The minimum absolute atomic E-state index is 0.0364. The first-order valence-corrected chi connectivity index (χ1v) is 14.4. The van der Waals surface area contributed by atoms with Crippen LogP contribution in [0.15, 0.2) is 42.5 Å². The van der Waals surface area contributed by atoms with E-state index in [4.69, 9.17) is 0 Å². The van der Waals surface area contributed by atoms with E-state index in [0.717, 1.165) is 50.1 Å². The van der Waals surface area contributed by atoms with Gasteiger partial charge in [-0.25, -0.2) is 0 Å². The molecule has 0 heterocycles. The molecular formula is C37H50O3. The number of hydrogen-bond donors (Lipinski definition) is 3. The Morgan fingerprint density at radius 1 is 0.550 bits per heavy atom. The summed E-state index contributed by atoms with van der Waals surface area (Å²) in [7, 11) is 0. The molecule has 0 spiro atoms. The highest BCUT2D eigenvalue weighted by Crippen LogP contribution is 2.42. The van der Waals surface area contributed by atoms with Gasteiger partial charge >= 0.3 is 0 Å². The van der Waals surface area contributed by atoms with Crippen LogP contribution in [0.1, 0.15) is 125 Å². The molecule has 0 amide bonds. The van der Waals surface area contributed by atoms with Crippen molar-refractivity contribution in [3.05, 3.63) is 92.5 Å². The minimum atomic E-state index is -0.237. The minimum Gasteiger partial charge on any atom is -0.508 e. The Bertz CT molecular complexity index is 1380. The first-order valence-electron chi connectivity index (χ1n) is 14.4. The van der Waals surface area contributed by atoms with Crippen molar-refractivity contribution >= 4 is 5.57 Å². The summed E-state index contributed by atoms with van der Waals surface area (Å²) in [5, 5.41) is 32.5. The molecule has 3 aromatic rings. The zero-order valence-electron chi connectivity index (χ0n) is 27.0. The Kier molecular flexibility index (Phi) is 8.34. The van der Waals surface area contributed by atoms with Crippen LogP contribution < -0.4 is 0 Å². The van der Waals surface area contributed by atoms with Gasteiger partial charge in [-0.1, -0.05) is 81.4 Å². The fourth-order valence-corrected chi connectivity index (χ4v) is 5.63. The van der Waals surface area contributed by atoms with Crippen molar-refractivity contribution in [3.63, 3.8) is 0 Å². The quantitative estimate of drug-likeness (QED) is 0.307. The molecule has 0 bridgehead atoms. The highest BCUT2D eigenvalue weighted by molar-refractivity contribution is 5.85. The molecule has 0 aliphatic rings. The van der Waals surface area contributed by atoms with Gasteiger partial charge in [-0.05, 0) is 123 Å². The third-order valence-electron chi connectivity index (χ3n) is 7.98. The van der Waals surface area contributed by atoms with Crippen LogP contribution in [0.25, 0.3) is 5.57 Å². The fourth-order valence-electron chi connectivity index (χ4n) is 5.63. The van der Waals surface area contributed by atoms with Crippen molar-refractivity contribution in [2.75, 3.05) is 0 Å². The van der Waals surface area contributed by atoms with Crippen LogP contribution in [0.4, 0.5) is 0 Å². The average Bonchev–Trinajstić information content (AvgIpc) is 2.75. The van der Waals surface area contributed by atoms with Gasteiger partial charge in [0.1, 0.15) is 17.2 Å². The van der Waals surface area contributed by atoms with Crippen molar-refractivity contribution in [2.45, 2.75) is 112 Å². The summed E-state index contributed by atoms with van der Waals surface area (Å²) in [5.41, 5.74) is 9.46. The first kappa shape index (κ1) is 31.3. The lowest BCUT2D eigenvalue weighted by atomic mass is 9.78. The number of rotatable bonds is 4. The van der Waals surface area contributed by atoms with Gasteiger partial charge in [0.2, 0.25) is 0 Å². The van der Waals surface area contributed by atoms with Gasteiger partial charge in [0, 0.05) is 5.92 Å². The number of phenols is 3. The van der Waals surface area contributed by atoms with Gasteiger partial charge < -0.3 is 15.3 Å². The Morgan fingerprint density at radius 3 is 1.23 bits per heavy atom. The van der Waals surface area contributed by atoms with Gasteiger partial charge in [-0.2, -0.15) is 0 Å². The van der Waals surface area contributed by atoms with Crippen LogP contribution in [0.3, 0.4) is 0 Å². The summed E-state index contributed by atoms with van der Waals surface area (Å²) in [6, 6.07) is 12.1. The second-order valence-corrected chi connectivity index (χ2v) is 14.7. The molecule has 0 fully saturated rings. The zero-order chi connectivity index (χ0) is 30.5. The summed E-state index contributed by atoms with van der Waals surface area (Å²) in [5.74, 6) is 0.985. The van der Waals surface area contributed by atoms with E-state index in [-0.39, 0.29) is 22.2 Å². The summed E-state index contributed by atoms with van der Waals surface area (Å²) < 4.78 is 0. The molecule has 0 aliphatic carbocycles. The predicted octanol–water partition coefficient (Wildman–Crippen LogP) is 9.86. The Morgan fingerprint density at radius 2 is 0.875 bits per heavy atom. The average molecular weight is 543 g/mol. The molecule has 40 heavy (non-hydrogen) atoms. The van der Waals surface area contributed by atoms with Crippen LogP contribution in [0.5, 0.6) is 17.2 Å². The van der Waals surface area contributed by atoms with E-state index in [9.17, 15) is 15.3 Å². The molecule has 0 aliphatic heterocycles. The first-order chi connectivity index (χ1) is 18.1. The fraction of sp³-hybridized carbons (Fsp3) is 0.459. The van der Waals surface area contributed by atoms with Crippen molar-refractivity contribution in [2.24, 2.45) is 0 Å². The van der Waals surface area contributed by atoms with E-state index in [1.807, 2.05) is 32.0 Å². The van der Waals surface area contributed by atoms with Crippen LogP contribution >= 0.6 is 0 Å². The zero-order valence-corrected chi connectivity index (χ0v) is 27.0. The lowest BCUT2D eigenvalue weighted by Gasteiger charge is -2.27. The number of allylic oxidation sites excluding steroid dienone is 1. The van der Waals surface area contributed by atoms with E-state index in [0.29, 0.717) is 17.2 Å².